The number of rotatable bonds is 1. The Morgan fingerprint density at radius 2 is 2.25 bits per heavy atom. The zero-order valence-corrected chi connectivity index (χ0v) is 9.99. The highest BCUT2D eigenvalue weighted by atomic mass is 16.1. The SMILES string of the molecule is CC(=O)NC12CC(C)C=C3C(N)C(C1)C3C2. The molecule has 2 saturated carbocycles. The standard InChI is InChI=1S/C13H20N2O/c1-7-3-9-10-5-13(4-7,15-8(2)16)6-11(10)12(9)14/h3,7,10-12H,4-6,14H2,1-2H3,(H,15,16). The molecule has 3 heteroatoms. The number of carbonyl (C=O) groups is 1. The molecule has 2 bridgehead atoms. The van der Waals surface area contributed by atoms with E-state index in [0.29, 0.717) is 17.8 Å². The van der Waals surface area contributed by atoms with Crippen LogP contribution in [0.2, 0.25) is 0 Å². The number of nitrogens with one attached hydrogen (secondary N) is 1. The average molecular weight is 220 g/mol. The molecule has 3 aliphatic carbocycles. The van der Waals surface area contributed by atoms with Gasteiger partial charge in [0.05, 0.1) is 0 Å². The molecule has 0 aromatic carbocycles. The molecule has 0 aromatic heterocycles. The topological polar surface area (TPSA) is 55.1 Å². The van der Waals surface area contributed by atoms with Crippen LogP contribution >= 0.6 is 0 Å². The van der Waals surface area contributed by atoms with Crippen LogP contribution in [-0.2, 0) is 4.79 Å². The van der Waals surface area contributed by atoms with E-state index in [1.54, 1.807) is 6.92 Å². The first kappa shape index (κ1) is 10.3. The predicted molar refractivity (Wildman–Crippen MR) is 62.6 cm³/mol. The van der Waals surface area contributed by atoms with Crippen molar-refractivity contribution in [1.82, 2.24) is 5.32 Å². The third-order valence-corrected chi connectivity index (χ3v) is 4.66. The van der Waals surface area contributed by atoms with Gasteiger partial charge in [-0.1, -0.05) is 18.6 Å². The number of hydrogen-bond acceptors (Lipinski definition) is 2. The molecule has 2 fully saturated rings. The molecule has 0 aromatic rings. The van der Waals surface area contributed by atoms with Crippen LogP contribution in [0.4, 0.5) is 0 Å². The lowest BCUT2D eigenvalue weighted by molar-refractivity contribution is -0.121. The molecule has 3 nitrogen and oxygen atoms in total. The molecule has 3 rings (SSSR count). The Bertz CT molecular complexity index is 376. The minimum Gasteiger partial charge on any atom is -0.351 e. The number of allylic oxidation sites excluding steroid dienone is 1. The van der Waals surface area contributed by atoms with Gasteiger partial charge in [0.15, 0.2) is 0 Å². The summed E-state index contributed by atoms with van der Waals surface area (Å²) >= 11 is 0. The summed E-state index contributed by atoms with van der Waals surface area (Å²) in [6, 6.07) is 0.267. The Labute approximate surface area is 96.5 Å². The quantitative estimate of drug-likeness (QED) is 0.652. The van der Waals surface area contributed by atoms with Crippen molar-refractivity contribution in [3.05, 3.63) is 11.6 Å². The first-order chi connectivity index (χ1) is 7.51. The second kappa shape index (κ2) is 3.10. The second-order valence-corrected chi connectivity index (χ2v) is 6.01. The summed E-state index contributed by atoms with van der Waals surface area (Å²) in [6.45, 7) is 3.86. The van der Waals surface area contributed by atoms with Crippen molar-refractivity contribution in [2.45, 2.75) is 44.7 Å². The summed E-state index contributed by atoms with van der Waals surface area (Å²) in [5.74, 6) is 1.92. The number of carbonyl (C=O) groups excluding carboxylic acids is 1. The fourth-order valence-electron chi connectivity index (χ4n) is 4.30. The zero-order valence-electron chi connectivity index (χ0n) is 9.99. The van der Waals surface area contributed by atoms with E-state index in [1.807, 2.05) is 0 Å². The molecule has 5 unspecified atom stereocenters. The smallest absolute Gasteiger partial charge is 0.217 e. The number of fused-ring (bicyclic) bond motifs is 1. The van der Waals surface area contributed by atoms with Gasteiger partial charge in [-0.25, -0.2) is 0 Å². The minimum absolute atomic E-state index is 0.0347. The lowest BCUT2D eigenvalue weighted by atomic mass is 9.66. The maximum atomic E-state index is 11.4. The maximum Gasteiger partial charge on any atom is 0.217 e. The Morgan fingerprint density at radius 1 is 1.50 bits per heavy atom. The summed E-state index contributed by atoms with van der Waals surface area (Å²) in [5, 5.41) is 3.21. The van der Waals surface area contributed by atoms with E-state index in [0.717, 1.165) is 19.3 Å². The second-order valence-electron chi connectivity index (χ2n) is 6.01. The highest BCUT2D eigenvalue weighted by molar-refractivity contribution is 5.74. The molecule has 0 saturated heterocycles. The van der Waals surface area contributed by atoms with Gasteiger partial charge in [-0.05, 0) is 37.0 Å². The van der Waals surface area contributed by atoms with E-state index in [-0.39, 0.29) is 17.5 Å². The molecule has 88 valence electrons. The number of hydrogen-bond donors (Lipinski definition) is 2. The van der Waals surface area contributed by atoms with Gasteiger partial charge in [0, 0.05) is 18.5 Å². The predicted octanol–water partition coefficient (Wildman–Crippen LogP) is 1.19. The van der Waals surface area contributed by atoms with E-state index < -0.39 is 0 Å². The van der Waals surface area contributed by atoms with Gasteiger partial charge in [0.25, 0.3) is 0 Å². The van der Waals surface area contributed by atoms with Crippen LogP contribution < -0.4 is 11.1 Å². The van der Waals surface area contributed by atoms with Crippen LogP contribution in [0, 0.1) is 17.8 Å². The van der Waals surface area contributed by atoms with Crippen LogP contribution in [0.1, 0.15) is 33.1 Å². The molecule has 0 spiro atoms. The fraction of sp³-hybridized carbons (Fsp3) is 0.769. The zero-order chi connectivity index (χ0) is 11.5. The van der Waals surface area contributed by atoms with Gasteiger partial charge in [-0.3, -0.25) is 4.79 Å². The van der Waals surface area contributed by atoms with Crippen LogP contribution in [0.3, 0.4) is 0 Å². The van der Waals surface area contributed by atoms with Crippen molar-refractivity contribution in [1.29, 1.82) is 0 Å². The van der Waals surface area contributed by atoms with Crippen molar-refractivity contribution in [3.8, 4) is 0 Å². The molecule has 3 N–H and O–H groups in total. The van der Waals surface area contributed by atoms with Gasteiger partial charge >= 0.3 is 0 Å². The average Bonchev–Trinajstić information content (AvgIpc) is 2.42. The largest absolute Gasteiger partial charge is 0.351 e. The minimum atomic E-state index is 0.0347. The van der Waals surface area contributed by atoms with Crippen molar-refractivity contribution in [2.24, 2.45) is 23.5 Å². The van der Waals surface area contributed by atoms with Gasteiger partial charge in [0.2, 0.25) is 5.91 Å². The van der Waals surface area contributed by atoms with E-state index in [2.05, 4.69) is 18.3 Å². The summed E-state index contributed by atoms with van der Waals surface area (Å²) in [6.07, 6.45) is 5.63. The lowest BCUT2D eigenvalue weighted by Crippen LogP contribution is -2.49. The third kappa shape index (κ3) is 1.27. The monoisotopic (exact) mass is 220 g/mol. The van der Waals surface area contributed by atoms with Gasteiger partial charge in [-0.15, -0.1) is 0 Å². The number of amides is 1. The molecular formula is C13H20N2O. The van der Waals surface area contributed by atoms with Crippen LogP contribution in [0.25, 0.3) is 0 Å². The molecule has 3 aliphatic rings. The third-order valence-electron chi connectivity index (χ3n) is 4.66. The first-order valence-corrected chi connectivity index (χ1v) is 6.27. The van der Waals surface area contributed by atoms with Gasteiger partial charge in [0.1, 0.15) is 0 Å². The Balaban J connectivity index is 1.92. The van der Waals surface area contributed by atoms with Crippen molar-refractivity contribution < 1.29 is 4.79 Å². The normalized spacial score (nSPS) is 49.1. The molecule has 0 aliphatic heterocycles. The lowest BCUT2D eigenvalue weighted by Gasteiger charge is -2.42. The van der Waals surface area contributed by atoms with E-state index in [1.165, 1.54) is 5.57 Å². The Kier molecular flexibility index (Phi) is 2.00. The van der Waals surface area contributed by atoms with Gasteiger partial charge in [-0.2, -0.15) is 0 Å². The molecule has 1 amide bonds. The van der Waals surface area contributed by atoms with Crippen LogP contribution in [0.5, 0.6) is 0 Å². The van der Waals surface area contributed by atoms with Gasteiger partial charge < -0.3 is 11.1 Å². The summed E-state index contributed by atoms with van der Waals surface area (Å²) in [4.78, 5) is 11.4. The highest BCUT2D eigenvalue weighted by Gasteiger charge is 2.57. The molecule has 0 radical (unpaired) electrons. The Hall–Kier alpha value is -0.830. The summed E-state index contributed by atoms with van der Waals surface area (Å²) < 4.78 is 0. The van der Waals surface area contributed by atoms with Crippen molar-refractivity contribution in [2.75, 3.05) is 0 Å². The van der Waals surface area contributed by atoms with Crippen LogP contribution in [0.15, 0.2) is 11.6 Å². The first-order valence-electron chi connectivity index (χ1n) is 6.27. The van der Waals surface area contributed by atoms with Crippen molar-refractivity contribution in [3.63, 3.8) is 0 Å². The highest BCUT2D eigenvalue weighted by Crippen LogP contribution is 2.57. The van der Waals surface area contributed by atoms with Crippen molar-refractivity contribution >= 4 is 5.91 Å². The maximum absolute atomic E-state index is 11.4. The molecular weight excluding hydrogens is 200 g/mol. The molecule has 16 heavy (non-hydrogen) atoms. The Morgan fingerprint density at radius 3 is 2.94 bits per heavy atom. The molecule has 5 atom stereocenters. The van der Waals surface area contributed by atoms with E-state index in [4.69, 9.17) is 5.73 Å². The number of nitrogens with two attached hydrogens (primary N) is 1. The summed E-state index contributed by atoms with van der Waals surface area (Å²) in [5.41, 5.74) is 7.68. The fourth-order valence-corrected chi connectivity index (χ4v) is 4.30. The van der Waals surface area contributed by atoms with Crippen LogP contribution in [-0.4, -0.2) is 17.5 Å². The van der Waals surface area contributed by atoms with E-state index >= 15 is 0 Å². The molecule has 0 heterocycles. The summed E-state index contributed by atoms with van der Waals surface area (Å²) in [7, 11) is 0. The van der Waals surface area contributed by atoms with E-state index in [9.17, 15) is 4.79 Å².